The largest absolute Gasteiger partial charge is 0.486 e. The molecule has 0 aromatic heterocycles. The van der Waals surface area contributed by atoms with Gasteiger partial charge in [0.15, 0.2) is 11.5 Å². The quantitative estimate of drug-likeness (QED) is 0.441. The van der Waals surface area contributed by atoms with Gasteiger partial charge in [-0.2, -0.15) is 0 Å². The van der Waals surface area contributed by atoms with Gasteiger partial charge in [-0.15, -0.1) is 0 Å². The van der Waals surface area contributed by atoms with E-state index in [2.05, 4.69) is 5.32 Å². The first kappa shape index (κ1) is 26.0. The summed E-state index contributed by atoms with van der Waals surface area (Å²) in [6.45, 7) is 3.45. The van der Waals surface area contributed by atoms with Crippen molar-refractivity contribution in [2.45, 2.75) is 18.7 Å². The highest BCUT2D eigenvalue weighted by Gasteiger charge is 2.29. The summed E-state index contributed by atoms with van der Waals surface area (Å²) in [4.78, 5) is 25.1. The van der Waals surface area contributed by atoms with E-state index in [1.807, 2.05) is 0 Å². The molecule has 0 saturated heterocycles. The molecular weight excluding hydrogens is 503 g/mol. The maximum absolute atomic E-state index is 14.1. The molecule has 0 fully saturated rings. The fourth-order valence-corrected chi connectivity index (χ4v) is 5.21. The third kappa shape index (κ3) is 5.67. The number of amides is 1. The molecule has 37 heavy (non-hydrogen) atoms. The van der Waals surface area contributed by atoms with E-state index in [9.17, 15) is 22.4 Å². The normalized spacial score (nSPS) is 12.5. The van der Waals surface area contributed by atoms with Crippen LogP contribution in [0.4, 0.5) is 15.8 Å². The zero-order valence-electron chi connectivity index (χ0n) is 20.2. The van der Waals surface area contributed by atoms with E-state index in [-0.39, 0.29) is 35.1 Å². The highest BCUT2D eigenvalue weighted by atomic mass is 32.2. The lowest BCUT2D eigenvalue weighted by Crippen LogP contribution is -2.38. The topological polar surface area (TPSA) is 111 Å². The molecule has 3 aromatic carbocycles. The second-order valence-corrected chi connectivity index (χ2v) is 9.91. The molecule has 0 aliphatic carbocycles. The van der Waals surface area contributed by atoms with Crippen molar-refractivity contribution in [2.24, 2.45) is 0 Å². The number of halogens is 1. The molecule has 4 rings (SSSR count). The number of nitrogens with zero attached hydrogens (tertiary/aromatic N) is 1. The molecule has 0 saturated carbocycles. The van der Waals surface area contributed by atoms with E-state index in [1.54, 1.807) is 32.0 Å². The summed E-state index contributed by atoms with van der Waals surface area (Å²) in [5, 5.41) is 2.64. The van der Waals surface area contributed by atoms with Crippen LogP contribution in [0, 0.1) is 12.7 Å². The molecule has 11 heteroatoms. The maximum atomic E-state index is 14.1. The van der Waals surface area contributed by atoms with Crippen molar-refractivity contribution in [2.75, 3.05) is 36.0 Å². The number of ether oxygens (including phenoxy) is 3. The predicted molar refractivity (Wildman–Crippen MR) is 134 cm³/mol. The summed E-state index contributed by atoms with van der Waals surface area (Å²) in [5.41, 5.74) is 1.00. The molecule has 1 aliphatic rings. The van der Waals surface area contributed by atoms with Crippen LogP contribution in [-0.2, 0) is 19.6 Å². The molecule has 194 valence electrons. The fourth-order valence-electron chi connectivity index (χ4n) is 3.78. The third-order valence-electron chi connectivity index (χ3n) is 5.59. The maximum Gasteiger partial charge on any atom is 0.338 e. The number of anilines is 2. The number of carbonyl (C=O) groups is 2. The molecule has 0 radical (unpaired) electrons. The average Bonchev–Trinajstić information content (AvgIpc) is 2.88. The number of esters is 1. The smallest absolute Gasteiger partial charge is 0.338 e. The van der Waals surface area contributed by atoms with Crippen LogP contribution in [0.1, 0.15) is 22.8 Å². The number of hydrogen-bond donors (Lipinski definition) is 1. The number of fused-ring (bicyclic) bond motifs is 1. The Kier molecular flexibility index (Phi) is 7.63. The van der Waals surface area contributed by atoms with Crippen LogP contribution >= 0.6 is 0 Å². The van der Waals surface area contributed by atoms with Gasteiger partial charge in [-0.1, -0.05) is 12.1 Å². The number of benzene rings is 3. The van der Waals surface area contributed by atoms with Gasteiger partial charge in [-0.05, 0) is 61.9 Å². The minimum Gasteiger partial charge on any atom is -0.486 e. The molecule has 3 aromatic rings. The lowest BCUT2D eigenvalue weighted by molar-refractivity contribution is -0.114. The summed E-state index contributed by atoms with van der Waals surface area (Å²) in [7, 11) is -4.33. The highest BCUT2D eigenvalue weighted by molar-refractivity contribution is 7.92. The van der Waals surface area contributed by atoms with Gasteiger partial charge in [0.1, 0.15) is 25.6 Å². The van der Waals surface area contributed by atoms with E-state index in [4.69, 9.17) is 14.2 Å². The van der Waals surface area contributed by atoms with Crippen LogP contribution < -0.4 is 19.1 Å². The van der Waals surface area contributed by atoms with Gasteiger partial charge in [0.25, 0.3) is 10.0 Å². The molecule has 1 heterocycles. The number of nitrogens with one attached hydrogen (secondary N) is 1. The standard InChI is InChI=1S/C26H25FN2O7S/c1-3-34-26(31)21-8-5-9-22(17(21)2)28-25(30)16-29(19-7-4-6-18(27)14-19)37(32,33)20-10-11-23-24(15-20)36-13-12-35-23/h4-11,14-15H,3,12-13,16H2,1-2H3,(H,28,30). The van der Waals surface area contributed by atoms with Crippen molar-refractivity contribution < 1.29 is 36.6 Å². The second kappa shape index (κ2) is 10.9. The van der Waals surface area contributed by atoms with Crippen LogP contribution in [0.15, 0.2) is 65.6 Å². The summed E-state index contributed by atoms with van der Waals surface area (Å²) in [6.07, 6.45) is 0. The summed E-state index contributed by atoms with van der Waals surface area (Å²) >= 11 is 0. The van der Waals surface area contributed by atoms with Gasteiger partial charge < -0.3 is 19.5 Å². The van der Waals surface area contributed by atoms with Crippen LogP contribution in [0.5, 0.6) is 11.5 Å². The monoisotopic (exact) mass is 528 g/mol. The zero-order valence-corrected chi connectivity index (χ0v) is 21.0. The number of carbonyl (C=O) groups excluding carboxylic acids is 2. The Morgan fingerprint density at radius 3 is 2.49 bits per heavy atom. The Labute approximate surface area is 213 Å². The van der Waals surface area contributed by atoms with Crippen molar-refractivity contribution in [3.05, 3.63) is 77.6 Å². The Morgan fingerprint density at radius 2 is 1.76 bits per heavy atom. The van der Waals surface area contributed by atoms with Gasteiger partial charge in [0, 0.05) is 11.8 Å². The third-order valence-corrected chi connectivity index (χ3v) is 7.36. The van der Waals surface area contributed by atoms with Crippen molar-refractivity contribution >= 4 is 33.3 Å². The number of sulfonamides is 1. The minimum atomic E-state index is -4.33. The molecule has 1 N–H and O–H groups in total. The molecular formula is C26H25FN2O7S. The lowest BCUT2D eigenvalue weighted by Gasteiger charge is -2.25. The molecule has 9 nitrogen and oxygen atoms in total. The van der Waals surface area contributed by atoms with E-state index in [1.165, 1.54) is 36.4 Å². The van der Waals surface area contributed by atoms with Gasteiger partial charge in [-0.25, -0.2) is 17.6 Å². The highest BCUT2D eigenvalue weighted by Crippen LogP contribution is 2.34. The van der Waals surface area contributed by atoms with Crippen LogP contribution in [0.2, 0.25) is 0 Å². The van der Waals surface area contributed by atoms with Gasteiger partial charge in [-0.3, -0.25) is 9.10 Å². The summed E-state index contributed by atoms with van der Waals surface area (Å²) < 4.78 is 58.2. The van der Waals surface area contributed by atoms with Crippen molar-refractivity contribution in [1.29, 1.82) is 0 Å². The van der Waals surface area contributed by atoms with Gasteiger partial charge in [0.05, 0.1) is 22.8 Å². The molecule has 1 aliphatic heterocycles. The lowest BCUT2D eigenvalue weighted by atomic mass is 10.1. The number of hydrogen-bond acceptors (Lipinski definition) is 7. The van der Waals surface area contributed by atoms with Gasteiger partial charge in [0.2, 0.25) is 5.91 Å². The minimum absolute atomic E-state index is 0.0398. The van der Waals surface area contributed by atoms with Gasteiger partial charge >= 0.3 is 5.97 Å². The Balaban J connectivity index is 1.66. The second-order valence-electron chi connectivity index (χ2n) is 8.04. The summed E-state index contributed by atoms with van der Waals surface area (Å²) in [6, 6.07) is 13.8. The average molecular weight is 529 g/mol. The first-order chi connectivity index (χ1) is 17.7. The predicted octanol–water partition coefficient (Wildman–Crippen LogP) is 3.92. The molecule has 0 atom stereocenters. The molecule has 0 unspecified atom stereocenters. The first-order valence-electron chi connectivity index (χ1n) is 11.4. The summed E-state index contributed by atoms with van der Waals surface area (Å²) in [5.74, 6) is -1.26. The molecule has 0 spiro atoms. The van der Waals surface area contributed by atoms with Crippen molar-refractivity contribution in [3.63, 3.8) is 0 Å². The zero-order chi connectivity index (χ0) is 26.6. The Hall–Kier alpha value is -4.12. The molecule has 1 amide bonds. The first-order valence-corrected chi connectivity index (χ1v) is 12.9. The Morgan fingerprint density at radius 1 is 1.03 bits per heavy atom. The van der Waals surface area contributed by atoms with E-state index in [0.29, 0.717) is 23.6 Å². The van der Waals surface area contributed by atoms with Crippen molar-refractivity contribution in [3.8, 4) is 11.5 Å². The van der Waals surface area contributed by atoms with E-state index < -0.39 is 34.3 Å². The van der Waals surface area contributed by atoms with Crippen molar-refractivity contribution in [1.82, 2.24) is 0 Å². The molecule has 0 bridgehead atoms. The van der Waals surface area contributed by atoms with Crippen LogP contribution in [0.3, 0.4) is 0 Å². The Bertz CT molecular complexity index is 1440. The van der Waals surface area contributed by atoms with Crippen LogP contribution in [-0.4, -0.2) is 46.7 Å². The van der Waals surface area contributed by atoms with E-state index in [0.717, 1.165) is 10.4 Å². The number of rotatable bonds is 8. The van der Waals surface area contributed by atoms with E-state index >= 15 is 0 Å². The van der Waals surface area contributed by atoms with Crippen LogP contribution in [0.25, 0.3) is 0 Å². The SMILES string of the molecule is CCOC(=O)c1cccc(NC(=O)CN(c2cccc(F)c2)S(=O)(=O)c2ccc3c(c2)OCCO3)c1C. The fraction of sp³-hybridized carbons (Fsp3) is 0.231.